The molecule has 1 amide bonds. The van der Waals surface area contributed by atoms with Gasteiger partial charge in [0.1, 0.15) is 0 Å². The second kappa shape index (κ2) is 8.69. The van der Waals surface area contributed by atoms with Crippen LogP contribution in [0, 0.1) is 0 Å². The molecule has 1 rings (SSSR count). The minimum Gasteiger partial charge on any atom is -0.369 e. The molecule has 0 aromatic heterocycles. The first-order valence-electron chi connectivity index (χ1n) is 7.38. The average Bonchev–Trinajstić information content (AvgIpc) is 2.50. The molecule has 0 unspecified atom stereocenters. The first-order chi connectivity index (χ1) is 12.2. The molecule has 1 aromatic carbocycles. The van der Waals surface area contributed by atoms with Crippen molar-refractivity contribution in [2.45, 2.75) is 32.2 Å². The monoisotopic (exact) mass is 438 g/mol. The fourth-order valence-corrected chi connectivity index (χ4v) is 4.85. The number of rotatable bonds is 8. The summed E-state index contributed by atoms with van der Waals surface area (Å²) in [5, 5.41) is 0. The maximum atomic E-state index is 13.0. The van der Waals surface area contributed by atoms with Gasteiger partial charge in [-0.25, -0.2) is 8.42 Å². The van der Waals surface area contributed by atoms with Crippen molar-refractivity contribution in [2.24, 2.45) is 5.73 Å². The van der Waals surface area contributed by atoms with Crippen LogP contribution >= 0.6 is 10.8 Å². The van der Waals surface area contributed by atoms with Crippen LogP contribution in [-0.2, 0) is 32.7 Å². The van der Waals surface area contributed by atoms with E-state index in [1.165, 1.54) is 0 Å². The standard InChI is InChI=1S/C14H16F6N2O3S2/c1-2-5-22(27(24,25)26-8-12(21)23)7-9-3-4-10(13(15,16)17)11(6-9)14(18,19)20/h3-4,6H,2,5,7-8H2,1H3,(H2,21,23). The van der Waals surface area contributed by atoms with Gasteiger partial charge < -0.3 is 5.73 Å². The van der Waals surface area contributed by atoms with E-state index in [0.29, 0.717) is 6.42 Å². The quantitative estimate of drug-likeness (QED) is 0.498. The molecule has 0 atom stereocenters. The minimum absolute atomic E-state index is 0.101. The highest BCUT2D eigenvalue weighted by Gasteiger charge is 2.43. The van der Waals surface area contributed by atoms with Crippen LogP contribution in [0.4, 0.5) is 26.3 Å². The summed E-state index contributed by atoms with van der Waals surface area (Å²) in [7, 11) is -3.93. The Bertz CT molecular complexity index is 778. The van der Waals surface area contributed by atoms with Crippen molar-refractivity contribution in [1.82, 2.24) is 4.31 Å². The molecule has 27 heavy (non-hydrogen) atoms. The summed E-state index contributed by atoms with van der Waals surface area (Å²) in [5.41, 5.74) is 0.854. The van der Waals surface area contributed by atoms with Crippen LogP contribution in [-0.4, -0.2) is 30.9 Å². The molecule has 1 aromatic rings. The fraction of sp³-hybridized carbons (Fsp3) is 0.500. The molecule has 5 nitrogen and oxygen atoms in total. The van der Waals surface area contributed by atoms with E-state index in [-0.39, 0.29) is 35.0 Å². The van der Waals surface area contributed by atoms with E-state index < -0.39 is 50.7 Å². The fourth-order valence-electron chi connectivity index (χ4n) is 2.10. The molecule has 154 valence electrons. The molecule has 0 heterocycles. The summed E-state index contributed by atoms with van der Waals surface area (Å²) in [6, 6.07) is 1.33. The van der Waals surface area contributed by atoms with Gasteiger partial charge in [-0.3, -0.25) is 4.79 Å². The van der Waals surface area contributed by atoms with E-state index >= 15 is 0 Å². The number of alkyl halides is 6. The van der Waals surface area contributed by atoms with Crippen molar-refractivity contribution in [2.75, 3.05) is 12.3 Å². The molecule has 0 aliphatic rings. The molecular weight excluding hydrogens is 422 g/mol. The van der Waals surface area contributed by atoms with Gasteiger partial charge in [-0.05, 0) is 34.9 Å². The zero-order chi connectivity index (χ0) is 21.0. The van der Waals surface area contributed by atoms with Gasteiger partial charge in [0.15, 0.2) is 0 Å². The van der Waals surface area contributed by atoms with Gasteiger partial charge in [-0.2, -0.15) is 30.6 Å². The Hall–Kier alpha value is -1.47. The van der Waals surface area contributed by atoms with Gasteiger partial charge >= 0.3 is 12.4 Å². The van der Waals surface area contributed by atoms with E-state index in [2.05, 4.69) is 0 Å². The number of amides is 1. The highest BCUT2D eigenvalue weighted by Crippen LogP contribution is 2.40. The largest absolute Gasteiger partial charge is 0.417 e. The Morgan fingerprint density at radius 1 is 1.11 bits per heavy atom. The molecule has 2 N–H and O–H groups in total. The molecule has 0 saturated heterocycles. The number of hydrogen-bond donors (Lipinski definition) is 1. The number of carbonyl (C=O) groups excluding carboxylic acids is 1. The van der Waals surface area contributed by atoms with E-state index in [9.17, 15) is 39.6 Å². The zero-order valence-corrected chi connectivity index (χ0v) is 15.5. The average molecular weight is 438 g/mol. The van der Waals surface area contributed by atoms with Gasteiger partial charge in [0, 0.05) is 13.1 Å². The van der Waals surface area contributed by atoms with E-state index in [1.807, 2.05) is 0 Å². The summed E-state index contributed by atoms with van der Waals surface area (Å²) in [6.07, 6.45) is -10.2. The van der Waals surface area contributed by atoms with Crippen LogP contribution in [0.1, 0.15) is 30.0 Å². The number of primary amides is 1. The second-order valence-corrected chi connectivity index (χ2v) is 9.26. The van der Waals surface area contributed by atoms with Crippen molar-refractivity contribution in [3.8, 4) is 0 Å². The van der Waals surface area contributed by atoms with Gasteiger partial charge in [-0.15, -0.1) is 0 Å². The lowest BCUT2D eigenvalue weighted by Crippen LogP contribution is -2.30. The van der Waals surface area contributed by atoms with Crippen molar-refractivity contribution >= 4 is 25.8 Å². The number of nitrogens with two attached hydrogens (primary N) is 1. The molecule has 0 radical (unpaired) electrons. The molecule has 0 bridgehead atoms. The lowest BCUT2D eigenvalue weighted by atomic mass is 10.0. The number of carbonyl (C=O) groups is 1. The van der Waals surface area contributed by atoms with Crippen LogP contribution < -0.4 is 5.73 Å². The van der Waals surface area contributed by atoms with Crippen LogP contribution in [0.15, 0.2) is 18.2 Å². The SMILES string of the molecule is CCCN(Cc1ccc(C(F)(F)F)c(C(F)(F)F)c1)S(=O)(=O)SCC(N)=O. The summed E-state index contributed by atoms with van der Waals surface area (Å²) in [4.78, 5) is 10.8. The van der Waals surface area contributed by atoms with Crippen LogP contribution in [0.5, 0.6) is 0 Å². The lowest BCUT2D eigenvalue weighted by molar-refractivity contribution is -0.162. The second-order valence-electron chi connectivity index (χ2n) is 5.40. The van der Waals surface area contributed by atoms with E-state index in [4.69, 9.17) is 5.73 Å². The first-order valence-corrected chi connectivity index (χ1v) is 10.3. The van der Waals surface area contributed by atoms with Crippen LogP contribution in [0.3, 0.4) is 0 Å². The predicted molar refractivity (Wildman–Crippen MR) is 87.7 cm³/mol. The van der Waals surface area contributed by atoms with Crippen molar-refractivity contribution in [1.29, 1.82) is 0 Å². The highest BCUT2D eigenvalue weighted by molar-refractivity contribution is 8.71. The maximum Gasteiger partial charge on any atom is 0.417 e. The Morgan fingerprint density at radius 2 is 1.67 bits per heavy atom. The number of nitrogens with zero attached hydrogens (tertiary/aromatic N) is 1. The topological polar surface area (TPSA) is 80.5 Å². The number of benzene rings is 1. The molecule has 0 aliphatic carbocycles. The van der Waals surface area contributed by atoms with Gasteiger partial charge in [0.25, 0.3) is 9.06 Å². The van der Waals surface area contributed by atoms with Gasteiger partial charge in [-0.1, -0.05) is 13.0 Å². The maximum absolute atomic E-state index is 13.0. The Kier molecular flexibility index (Phi) is 7.59. The molecule has 0 saturated carbocycles. The number of hydrogen-bond acceptors (Lipinski definition) is 4. The molecule has 0 fully saturated rings. The minimum atomic E-state index is -5.27. The van der Waals surface area contributed by atoms with Crippen molar-refractivity contribution < 1.29 is 39.6 Å². The molecular formula is C14H16F6N2O3S2. The first kappa shape index (κ1) is 23.6. The van der Waals surface area contributed by atoms with E-state index in [1.54, 1.807) is 6.92 Å². The lowest BCUT2D eigenvalue weighted by Gasteiger charge is -2.22. The summed E-state index contributed by atoms with van der Waals surface area (Å²) >= 11 is 0. The third-order valence-corrected chi connectivity index (χ3v) is 6.72. The summed E-state index contributed by atoms with van der Waals surface area (Å²) < 4.78 is 103. The molecule has 0 aliphatic heterocycles. The van der Waals surface area contributed by atoms with Gasteiger partial charge in [0.05, 0.1) is 16.9 Å². The summed E-state index contributed by atoms with van der Waals surface area (Å²) in [6.45, 7) is 0.925. The van der Waals surface area contributed by atoms with Crippen LogP contribution in [0.25, 0.3) is 0 Å². The summed E-state index contributed by atoms with van der Waals surface area (Å²) in [5.74, 6) is -1.47. The zero-order valence-electron chi connectivity index (χ0n) is 13.9. The predicted octanol–water partition coefficient (Wildman–Crippen LogP) is 3.40. The van der Waals surface area contributed by atoms with E-state index in [0.717, 1.165) is 10.4 Å². The number of halogens is 6. The van der Waals surface area contributed by atoms with Crippen molar-refractivity contribution in [3.05, 3.63) is 34.9 Å². The highest BCUT2D eigenvalue weighted by atomic mass is 33.1. The molecule has 13 heteroatoms. The third-order valence-electron chi connectivity index (χ3n) is 3.19. The Labute approximate surface area is 155 Å². The Balaban J connectivity index is 3.25. The Morgan fingerprint density at radius 3 is 2.11 bits per heavy atom. The third kappa shape index (κ3) is 6.88. The normalized spacial score (nSPS) is 13.2. The van der Waals surface area contributed by atoms with Crippen molar-refractivity contribution in [3.63, 3.8) is 0 Å². The smallest absolute Gasteiger partial charge is 0.369 e. The van der Waals surface area contributed by atoms with Crippen LogP contribution in [0.2, 0.25) is 0 Å². The van der Waals surface area contributed by atoms with Gasteiger partial charge in [0.2, 0.25) is 5.91 Å². The molecule has 0 spiro atoms.